The van der Waals surface area contributed by atoms with Crippen molar-refractivity contribution in [3.8, 4) is 5.75 Å². The molecule has 0 fully saturated rings. The van der Waals surface area contributed by atoms with Gasteiger partial charge < -0.3 is 10.1 Å². The van der Waals surface area contributed by atoms with Crippen LogP contribution >= 0.6 is 11.3 Å². The topological polar surface area (TPSA) is 34.2 Å². The zero-order chi connectivity index (χ0) is 12.8. The summed E-state index contributed by atoms with van der Waals surface area (Å²) < 4.78 is 5.20. The first-order valence-corrected chi connectivity index (χ1v) is 6.90. The van der Waals surface area contributed by atoms with E-state index in [0.29, 0.717) is 0 Å². The predicted octanol–water partition coefficient (Wildman–Crippen LogP) is 3.00. The maximum atomic E-state index is 5.20. The lowest BCUT2D eigenvalue weighted by molar-refractivity contribution is 0.414. The van der Waals surface area contributed by atoms with E-state index < -0.39 is 0 Å². The molecular formula is C14H18N2OS. The maximum Gasteiger partial charge on any atom is 0.119 e. The molecule has 0 aliphatic heterocycles. The van der Waals surface area contributed by atoms with E-state index >= 15 is 0 Å². The van der Waals surface area contributed by atoms with Gasteiger partial charge >= 0.3 is 0 Å². The second kappa shape index (κ2) is 6.52. The smallest absolute Gasteiger partial charge is 0.119 e. The molecule has 1 heterocycles. The van der Waals surface area contributed by atoms with E-state index in [1.165, 1.54) is 15.4 Å². The number of nitrogens with one attached hydrogen (secondary N) is 1. The number of rotatable bonds is 6. The Balaban J connectivity index is 1.84. The van der Waals surface area contributed by atoms with Crippen LogP contribution in [0.1, 0.15) is 22.4 Å². The fourth-order valence-electron chi connectivity index (χ4n) is 1.71. The number of aryl methyl sites for hydroxylation is 1. The summed E-state index contributed by atoms with van der Waals surface area (Å²) >= 11 is 1.78. The molecule has 0 saturated carbocycles. The van der Waals surface area contributed by atoms with Crippen molar-refractivity contribution in [3.05, 3.63) is 45.9 Å². The Morgan fingerprint density at radius 2 is 2.22 bits per heavy atom. The van der Waals surface area contributed by atoms with Crippen LogP contribution in [-0.2, 0) is 19.5 Å². The van der Waals surface area contributed by atoms with Gasteiger partial charge in [-0.3, -0.25) is 0 Å². The van der Waals surface area contributed by atoms with Gasteiger partial charge in [0.2, 0.25) is 0 Å². The van der Waals surface area contributed by atoms with Crippen LogP contribution in [-0.4, -0.2) is 12.1 Å². The van der Waals surface area contributed by atoms with E-state index in [2.05, 4.69) is 29.4 Å². The van der Waals surface area contributed by atoms with Gasteiger partial charge in [0.05, 0.1) is 12.1 Å². The lowest BCUT2D eigenvalue weighted by Gasteiger charge is -2.05. The standard InChI is InChI=1S/C14H18N2OS/c1-3-14-16-10-13(18-14)9-15-8-11-5-4-6-12(7-11)17-2/h4-7,10,15H,3,8-9H2,1-2H3. The molecule has 0 spiro atoms. The van der Waals surface area contributed by atoms with E-state index in [1.54, 1.807) is 18.4 Å². The highest BCUT2D eigenvalue weighted by Gasteiger charge is 2.00. The van der Waals surface area contributed by atoms with Gasteiger partial charge in [0.1, 0.15) is 5.75 Å². The summed E-state index contributed by atoms with van der Waals surface area (Å²) in [6, 6.07) is 8.12. The predicted molar refractivity (Wildman–Crippen MR) is 75.0 cm³/mol. The van der Waals surface area contributed by atoms with Crippen molar-refractivity contribution in [2.24, 2.45) is 0 Å². The molecule has 0 bridgehead atoms. The van der Waals surface area contributed by atoms with Gasteiger partial charge in [0.15, 0.2) is 0 Å². The fraction of sp³-hybridized carbons (Fsp3) is 0.357. The van der Waals surface area contributed by atoms with Crippen molar-refractivity contribution in [3.63, 3.8) is 0 Å². The van der Waals surface area contributed by atoms with Crippen molar-refractivity contribution in [1.82, 2.24) is 10.3 Å². The van der Waals surface area contributed by atoms with Gasteiger partial charge in [-0.25, -0.2) is 4.98 Å². The number of aromatic nitrogens is 1. The van der Waals surface area contributed by atoms with Gasteiger partial charge in [0, 0.05) is 24.2 Å². The molecule has 0 radical (unpaired) electrons. The molecule has 2 rings (SSSR count). The minimum Gasteiger partial charge on any atom is -0.497 e. The first-order valence-electron chi connectivity index (χ1n) is 6.09. The molecule has 0 atom stereocenters. The highest BCUT2D eigenvalue weighted by molar-refractivity contribution is 7.11. The molecule has 1 aromatic carbocycles. The molecule has 96 valence electrons. The lowest BCUT2D eigenvalue weighted by Crippen LogP contribution is -2.11. The van der Waals surface area contributed by atoms with Gasteiger partial charge in [0.25, 0.3) is 0 Å². The number of thiazole rings is 1. The SMILES string of the molecule is CCc1ncc(CNCc2cccc(OC)c2)s1. The van der Waals surface area contributed by atoms with Gasteiger partial charge in [-0.2, -0.15) is 0 Å². The van der Waals surface area contributed by atoms with Crippen LogP contribution in [0.5, 0.6) is 5.75 Å². The van der Waals surface area contributed by atoms with Crippen LogP contribution in [0.3, 0.4) is 0 Å². The van der Waals surface area contributed by atoms with Crippen molar-refractivity contribution in [2.75, 3.05) is 7.11 Å². The number of benzene rings is 1. The van der Waals surface area contributed by atoms with E-state index in [0.717, 1.165) is 25.3 Å². The van der Waals surface area contributed by atoms with E-state index in [9.17, 15) is 0 Å². The number of hydrogen-bond donors (Lipinski definition) is 1. The quantitative estimate of drug-likeness (QED) is 0.869. The molecule has 0 aliphatic rings. The molecule has 3 nitrogen and oxygen atoms in total. The third-order valence-electron chi connectivity index (χ3n) is 2.67. The molecule has 4 heteroatoms. The Morgan fingerprint density at radius 1 is 1.33 bits per heavy atom. The molecule has 0 aliphatic carbocycles. The van der Waals surface area contributed by atoms with Crippen LogP contribution in [0.4, 0.5) is 0 Å². The molecule has 1 N–H and O–H groups in total. The third-order valence-corrected chi connectivity index (χ3v) is 3.81. The van der Waals surface area contributed by atoms with Crippen LogP contribution in [0.2, 0.25) is 0 Å². The molecule has 0 unspecified atom stereocenters. The first kappa shape index (κ1) is 13.1. The zero-order valence-electron chi connectivity index (χ0n) is 10.8. The summed E-state index contributed by atoms with van der Waals surface area (Å²) in [4.78, 5) is 5.63. The Kier molecular flexibility index (Phi) is 4.73. The molecule has 1 aromatic heterocycles. The minimum atomic E-state index is 0.844. The number of ether oxygens (including phenoxy) is 1. The monoisotopic (exact) mass is 262 g/mol. The second-order valence-electron chi connectivity index (χ2n) is 4.03. The summed E-state index contributed by atoms with van der Waals surface area (Å²) in [5.41, 5.74) is 1.23. The molecule has 18 heavy (non-hydrogen) atoms. The van der Waals surface area contributed by atoms with Crippen LogP contribution in [0, 0.1) is 0 Å². The first-order chi connectivity index (χ1) is 8.81. The normalized spacial score (nSPS) is 10.6. The summed E-state index contributed by atoms with van der Waals surface area (Å²) in [6.07, 6.45) is 2.97. The Hall–Kier alpha value is -1.39. The lowest BCUT2D eigenvalue weighted by atomic mass is 10.2. The maximum absolute atomic E-state index is 5.20. The minimum absolute atomic E-state index is 0.844. The zero-order valence-corrected chi connectivity index (χ0v) is 11.6. The van der Waals surface area contributed by atoms with E-state index in [4.69, 9.17) is 4.74 Å². The van der Waals surface area contributed by atoms with E-state index in [-0.39, 0.29) is 0 Å². The van der Waals surface area contributed by atoms with Crippen molar-refractivity contribution in [1.29, 1.82) is 0 Å². The summed E-state index contributed by atoms with van der Waals surface area (Å²) in [7, 11) is 1.69. The number of methoxy groups -OCH3 is 1. The van der Waals surface area contributed by atoms with Crippen molar-refractivity contribution < 1.29 is 4.74 Å². The Morgan fingerprint density at radius 3 is 2.94 bits per heavy atom. The summed E-state index contributed by atoms with van der Waals surface area (Å²) in [5.74, 6) is 0.903. The molecule has 0 amide bonds. The van der Waals surface area contributed by atoms with Gasteiger partial charge in [-0.05, 0) is 24.1 Å². The highest BCUT2D eigenvalue weighted by atomic mass is 32.1. The van der Waals surface area contributed by atoms with E-state index in [1.807, 2.05) is 18.3 Å². The average Bonchev–Trinajstić information content (AvgIpc) is 2.87. The van der Waals surface area contributed by atoms with Gasteiger partial charge in [-0.1, -0.05) is 19.1 Å². The fourth-order valence-corrected chi connectivity index (χ4v) is 2.54. The largest absolute Gasteiger partial charge is 0.497 e. The summed E-state index contributed by atoms with van der Waals surface area (Å²) in [5, 5.41) is 4.62. The van der Waals surface area contributed by atoms with Crippen molar-refractivity contribution >= 4 is 11.3 Å². The number of hydrogen-bond acceptors (Lipinski definition) is 4. The van der Waals surface area contributed by atoms with Crippen LogP contribution < -0.4 is 10.1 Å². The second-order valence-corrected chi connectivity index (χ2v) is 5.23. The Bertz CT molecular complexity index is 496. The van der Waals surface area contributed by atoms with Crippen molar-refractivity contribution in [2.45, 2.75) is 26.4 Å². The third kappa shape index (κ3) is 3.55. The molecular weight excluding hydrogens is 244 g/mol. The average molecular weight is 262 g/mol. The molecule has 0 saturated heterocycles. The Labute approximate surface area is 112 Å². The number of nitrogens with zero attached hydrogens (tertiary/aromatic N) is 1. The highest BCUT2D eigenvalue weighted by Crippen LogP contribution is 2.14. The van der Waals surface area contributed by atoms with Gasteiger partial charge in [-0.15, -0.1) is 11.3 Å². The molecule has 2 aromatic rings. The summed E-state index contributed by atoms with van der Waals surface area (Å²) in [6.45, 7) is 3.84. The van der Waals surface area contributed by atoms with Crippen LogP contribution in [0.15, 0.2) is 30.5 Å². The van der Waals surface area contributed by atoms with Crippen LogP contribution in [0.25, 0.3) is 0 Å².